The molecule has 0 saturated heterocycles. The lowest BCUT2D eigenvalue weighted by Crippen LogP contribution is -2.07. The van der Waals surface area contributed by atoms with Crippen molar-refractivity contribution in [1.82, 2.24) is 14.8 Å². The Hall–Kier alpha value is -0.130. The third kappa shape index (κ3) is 1.97. The lowest BCUT2D eigenvalue weighted by Gasteiger charge is -2.06. The van der Waals surface area contributed by atoms with Crippen LogP contribution >= 0.6 is 22.6 Å². The molecule has 0 N–H and O–H groups in total. The Morgan fingerprint density at radius 3 is 2.83 bits per heavy atom. The van der Waals surface area contributed by atoms with Crippen LogP contribution in [0.2, 0.25) is 0 Å². The van der Waals surface area contributed by atoms with Gasteiger partial charge in [0, 0.05) is 29.1 Å². The van der Waals surface area contributed by atoms with Crippen LogP contribution in [0, 0.1) is 9.75 Å². The first kappa shape index (κ1) is 8.47. The zero-order valence-corrected chi connectivity index (χ0v) is 9.07. The quantitative estimate of drug-likeness (QED) is 0.775. The fourth-order valence-corrected chi connectivity index (χ4v) is 2.22. The van der Waals surface area contributed by atoms with Crippen LogP contribution in [-0.2, 0) is 6.54 Å². The van der Waals surface area contributed by atoms with Gasteiger partial charge in [-0.25, -0.2) is 4.98 Å². The number of aromatic nitrogens is 3. The molecule has 0 unspecified atom stereocenters. The Kier molecular flexibility index (Phi) is 2.63. The first-order valence-corrected chi connectivity index (χ1v) is 5.47. The van der Waals surface area contributed by atoms with Crippen LogP contribution in [0.5, 0.6) is 0 Å². The average Bonchev–Trinajstić information content (AvgIpc) is 2.63. The topological polar surface area (TPSA) is 30.7 Å². The summed E-state index contributed by atoms with van der Waals surface area (Å²) in [6.45, 7) is 1.07. The highest BCUT2D eigenvalue weighted by atomic mass is 127. The normalized spacial score (nSPS) is 18.8. The minimum atomic E-state index is 0.850. The molecule has 1 aromatic heterocycles. The van der Waals surface area contributed by atoms with E-state index in [-0.39, 0.29) is 0 Å². The highest BCUT2D eigenvalue weighted by Gasteiger charge is 2.15. The summed E-state index contributed by atoms with van der Waals surface area (Å²) >= 11 is 2.14. The van der Waals surface area contributed by atoms with Crippen molar-refractivity contribution in [3.05, 3.63) is 10.2 Å². The third-order valence-electron chi connectivity index (χ3n) is 2.43. The molecule has 1 saturated carbocycles. The first-order valence-electron chi connectivity index (χ1n) is 4.39. The molecular weight excluding hydrogens is 265 g/mol. The van der Waals surface area contributed by atoms with Gasteiger partial charge in [0.05, 0.1) is 0 Å². The van der Waals surface area contributed by atoms with Crippen LogP contribution in [0.3, 0.4) is 0 Å². The smallest absolute Gasteiger partial charge is 0.211 e. The molecule has 0 spiro atoms. The minimum Gasteiger partial charge on any atom is -0.252 e. The summed E-state index contributed by atoms with van der Waals surface area (Å²) < 4.78 is 2.82. The molecule has 2 rings (SSSR count). The molecule has 1 aromatic rings. The van der Waals surface area contributed by atoms with Crippen molar-refractivity contribution in [3.8, 4) is 0 Å². The van der Waals surface area contributed by atoms with Gasteiger partial charge >= 0.3 is 0 Å². The summed E-state index contributed by atoms with van der Waals surface area (Å²) in [5.41, 5.74) is 0. The van der Waals surface area contributed by atoms with Gasteiger partial charge < -0.3 is 0 Å². The van der Waals surface area contributed by atoms with E-state index in [9.17, 15) is 0 Å². The first-order chi connectivity index (χ1) is 5.84. The van der Waals surface area contributed by atoms with E-state index in [4.69, 9.17) is 0 Å². The molecule has 66 valence electrons. The fourth-order valence-electron chi connectivity index (χ4n) is 1.82. The van der Waals surface area contributed by atoms with Gasteiger partial charge in [-0.2, -0.15) is 0 Å². The van der Waals surface area contributed by atoms with E-state index in [1.165, 1.54) is 25.7 Å². The largest absolute Gasteiger partial charge is 0.252 e. The molecule has 3 nitrogen and oxygen atoms in total. The van der Waals surface area contributed by atoms with Gasteiger partial charge in [-0.15, -0.1) is 5.10 Å². The van der Waals surface area contributed by atoms with Crippen molar-refractivity contribution in [2.75, 3.05) is 0 Å². The predicted molar refractivity (Wildman–Crippen MR) is 54.7 cm³/mol. The monoisotopic (exact) mass is 277 g/mol. The Morgan fingerprint density at radius 2 is 2.25 bits per heavy atom. The van der Waals surface area contributed by atoms with E-state index < -0.39 is 0 Å². The van der Waals surface area contributed by atoms with Crippen LogP contribution in [0.4, 0.5) is 0 Å². The zero-order chi connectivity index (χ0) is 8.39. The standard InChI is InChI=1S/C8H12IN3/c9-8-10-6-12(11-8)5-7-3-1-2-4-7/h6-7H,1-5H2. The number of nitrogens with zero attached hydrogens (tertiary/aromatic N) is 3. The summed E-state index contributed by atoms with van der Waals surface area (Å²) in [6, 6.07) is 0. The Bertz CT molecular complexity index is 253. The van der Waals surface area contributed by atoms with E-state index in [1.54, 1.807) is 0 Å². The fraction of sp³-hybridized carbons (Fsp3) is 0.750. The molecule has 0 amide bonds. The van der Waals surface area contributed by atoms with Gasteiger partial charge in [-0.1, -0.05) is 12.8 Å². The predicted octanol–water partition coefficient (Wildman–Crippen LogP) is 2.07. The molecule has 0 aliphatic heterocycles. The van der Waals surface area contributed by atoms with Crippen molar-refractivity contribution in [2.24, 2.45) is 5.92 Å². The number of halogens is 1. The number of rotatable bonds is 2. The SMILES string of the molecule is Ic1ncn(CC2CCCC2)n1. The van der Waals surface area contributed by atoms with Crippen LogP contribution < -0.4 is 0 Å². The van der Waals surface area contributed by atoms with E-state index in [0.717, 1.165) is 16.3 Å². The van der Waals surface area contributed by atoms with Crippen molar-refractivity contribution < 1.29 is 0 Å². The van der Waals surface area contributed by atoms with Crippen molar-refractivity contribution in [3.63, 3.8) is 0 Å². The summed E-state index contributed by atoms with van der Waals surface area (Å²) in [5.74, 6) is 0.850. The Balaban J connectivity index is 1.94. The lowest BCUT2D eigenvalue weighted by molar-refractivity contribution is 0.427. The molecule has 0 radical (unpaired) electrons. The van der Waals surface area contributed by atoms with Crippen LogP contribution in [0.1, 0.15) is 25.7 Å². The summed E-state index contributed by atoms with van der Waals surface area (Å²) in [7, 11) is 0. The zero-order valence-electron chi connectivity index (χ0n) is 6.91. The van der Waals surface area contributed by atoms with Crippen LogP contribution in [0.25, 0.3) is 0 Å². The molecule has 4 heteroatoms. The van der Waals surface area contributed by atoms with Gasteiger partial charge in [0.1, 0.15) is 6.33 Å². The molecule has 0 bridgehead atoms. The summed E-state index contributed by atoms with van der Waals surface area (Å²) in [6.07, 6.45) is 7.37. The maximum atomic E-state index is 4.27. The van der Waals surface area contributed by atoms with E-state index >= 15 is 0 Å². The summed E-state index contributed by atoms with van der Waals surface area (Å²) in [5, 5.41) is 4.27. The molecule has 1 fully saturated rings. The highest BCUT2D eigenvalue weighted by Crippen LogP contribution is 2.25. The minimum absolute atomic E-state index is 0.850. The molecule has 12 heavy (non-hydrogen) atoms. The molecule has 1 aliphatic carbocycles. The van der Waals surface area contributed by atoms with E-state index in [0.29, 0.717) is 0 Å². The number of hydrogen-bond acceptors (Lipinski definition) is 2. The molecule has 0 aromatic carbocycles. The van der Waals surface area contributed by atoms with Crippen molar-refractivity contribution in [1.29, 1.82) is 0 Å². The third-order valence-corrected chi connectivity index (χ3v) is 2.92. The van der Waals surface area contributed by atoms with Crippen molar-refractivity contribution in [2.45, 2.75) is 32.2 Å². The van der Waals surface area contributed by atoms with Gasteiger partial charge in [0.15, 0.2) is 0 Å². The number of hydrogen-bond donors (Lipinski definition) is 0. The second kappa shape index (κ2) is 3.72. The Morgan fingerprint density at radius 1 is 1.50 bits per heavy atom. The average molecular weight is 277 g/mol. The maximum Gasteiger partial charge on any atom is 0.211 e. The van der Waals surface area contributed by atoms with Gasteiger partial charge in [-0.05, 0) is 18.8 Å². The molecule has 1 heterocycles. The summed E-state index contributed by atoms with van der Waals surface area (Å²) in [4.78, 5) is 4.10. The lowest BCUT2D eigenvalue weighted by atomic mass is 10.1. The van der Waals surface area contributed by atoms with Crippen molar-refractivity contribution >= 4 is 22.6 Å². The van der Waals surface area contributed by atoms with Crippen LogP contribution in [-0.4, -0.2) is 14.8 Å². The second-order valence-electron chi connectivity index (χ2n) is 3.39. The van der Waals surface area contributed by atoms with Crippen LogP contribution in [0.15, 0.2) is 6.33 Å². The Labute approximate surface area is 85.7 Å². The van der Waals surface area contributed by atoms with E-state index in [2.05, 4.69) is 32.7 Å². The molecule has 0 atom stereocenters. The van der Waals surface area contributed by atoms with Gasteiger partial charge in [-0.3, -0.25) is 4.68 Å². The highest BCUT2D eigenvalue weighted by molar-refractivity contribution is 14.1. The molecular formula is C8H12IN3. The van der Waals surface area contributed by atoms with Gasteiger partial charge in [0.2, 0.25) is 3.83 Å². The van der Waals surface area contributed by atoms with Gasteiger partial charge in [0.25, 0.3) is 0 Å². The van der Waals surface area contributed by atoms with E-state index in [1.807, 2.05) is 11.0 Å². The molecule has 1 aliphatic rings. The maximum absolute atomic E-state index is 4.27. The second-order valence-corrected chi connectivity index (χ2v) is 4.35.